The van der Waals surface area contributed by atoms with Crippen LogP contribution < -0.4 is 11.1 Å². The molecule has 0 unspecified atom stereocenters. The van der Waals surface area contributed by atoms with Crippen molar-refractivity contribution in [2.45, 2.75) is 33.1 Å². The first-order chi connectivity index (χ1) is 13.9. The van der Waals surface area contributed by atoms with Crippen LogP contribution in [0.1, 0.15) is 28.4 Å². The zero-order chi connectivity index (χ0) is 20.8. The number of aryl methyl sites for hydroxylation is 3. The number of nitrogens with zero attached hydrogens (tertiary/aromatic N) is 4. The second-order valence-corrected chi connectivity index (χ2v) is 7.37. The lowest BCUT2D eigenvalue weighted by Crippen LogP contribution is -2.12. The van der Waals surface area contributed by atoms with E-state index in [1.54, 1.807) is 0 Å². The van der Waals surface area contributed by atoms with Gasteiger partial charge >= 0.3 is 5.97 Å². The van der Waals surface area contributed by atoms with Gasteiger partial charge < -0.3 is 20.3 Å². The lowest BCUT2D eigenvalue weighted by atomic mass is 10.2. The highest BCUT2D eigenvalue weighted by molar-refractivity contribution is 7.99. The van der Waals surface area contributed by atoms with E-state index in [9.17, 15) is 4.79 Å². The summed E-state index contributed by atoms with van der Waals surface area (Å²) < 4.78 is 10.4. The number of ether oxygens (including phenoxy) is 1. The SMILES string of the molecule is Cc1ccc(Nc2nc(N)nc(COC(=O)CSCc3c(C)noc3C)n2)cc1. The quantitative estimate of drug-likeness (QED) is 0.530. The Labute approximate surface area is 172 Å². The minimum Gasteiger partial charge on any atom is -0.457 e. The summed E-state index contributed by atoms with van der Waals surface area (Å²) in [5.41, 5.74) is 9.54. The van der Waals surface area contributed by atoms with Gasteiger partial charge in [0.2, 0.25) is 11.9 Å². The Morgan fingerprint density at radius 3 is 2.62 bits per heavy atom. The van der Waals surface area contributed by atoms with E-state index in [0.29, 0.717) is 11.7 Å². The molecule has 3 N–H and O–H groups in total. The fourth-order valence-corrected chi connectivity index (χ4v) is 3.42. The van der Waals surface area contributed by atoms with Crippen LogP contribution in [0, 0.1) is 20.8 Å². The van der Waals surface area contributed by atoms with Crippen molar-refractivity contribution in [3.63, 3.8) is 0 Å². The largest absolute Gasteiger partial charge is 0.457 e. The fourth-order valence-electron chi connectivity index (χ4n) is 2.46. The van der Waals surface area contributed by atoms with Gasteiger partial charge in [0.1, 0.15) is 5.76 Å². The molecule has 3 rings (SSSR count). The van der Waals surface area contributed by atoms with E-state index in [4.69, 9.17) is 15.0 Å². The predicted octanol–water partition coefficient (Wildman–Crippen LogP) is 3.09. The van der Waals surface area contributed by atoms with Crippen LogP contribution in [0.5, 0.6) is 0 Å². The summed E-state index contributed by atoms with van der Waals surface area (Å²) in [6, 6.07) is 7.75. The molecular formula is C19H22N6O3S. The van der Waals surface area contributed by atoms with E-state index in [1.165, 1.54) is 11.8 Å². The van der Waals surface area contributed by atoms with Crippen LogP contribution in [0.4, 0.5) is 17.6 Å². The Bertz CT molecular complexity index is 971. The molecule has 0 radical (unpaired) electrons. The van der Waals surface area contributed by atoms with Crippen LogP contribution in [0.15, 0.2) is 28.8 Å². The van der Waals surface area contributed by atoms with Gasteiger partial charge in [0.15, 0.2) is 12.4 Å². The van der Waals surface area contributed by atoms with Crippen molar-refractivity contribution in [3.8, 4) is 0 Å². The number of carbonyl (C=O) groups is 1. The number of rotatable bonds is 8. The van der Waals surface area contributed by atoms with Crippen LogP contribution in [0.3, 0.4) is 0 Å². The minimum absolute atomic E-state index is 0.0495. The predicted molar refractivity (Wildman–Crippen MR) is 111 cm³/mol. The molecular weight excluding hydrogens is 392 g/mol. The van der Waals surface area contributed by atoms with E-state index in [-0.39, 0.29) is 30.1 Å². The molecule has 0 aliphatic rings. The summed E-state index contributed by atoms with van der Waals surface area (Å²) in [6.45, 7) is 5.64. The Balaban J connectivity index is 1.51. The number of aromatic nitrogens is 4. The lowest BCUT2D eigenvalue weighted by Gasteiger charge is -2.08. The van der Waals surface area contributed by atoms with E-state index in [2.05, 4.69) is 25.4 Å². The maximum absolute atomic E-state index is 12.0. The fraction of sp³-hybridized carbons (Fsp3) is 0.316. The molecule has 0 spiro atoms. The molecule has 2 aromatic heterocycles. The molecule has 0 fully saturated rings. The van der Waals surface area contributed by atoms with Gasteiger partial charge in [0, 0.05) is 17.0 Å². The molecule has 3 aromatic rings. The number of thioether (sulfide) groups is 1. The molecule has 10 heteroatoms. The summed E-state index contributed by atoms with van der Waals surface area (Å²) in [7, 11) is 0. The molecule has 0 bridgehead atoms. The first kappa shape index (κ1) is 20.6. The zero-order valence-electron chi connectivity index (χ0n) is 16.4. The van der Waals surface area contributed by atoms with Crippen LogP contribution in [-0.2, 0) is 21.9 Å². The van der Waals surface area contributed by atoms with Crippen LogP contribution in [0.2, 0.25) is 0 Å². The Morgan fingerprint density at radius 2 is 1.93 bits per heavy atom. The summed E-state index contributed by atoms with van der Waals surface area (Å²) in [5, 5.41) is 6.95. The molecule has 0 saturated heterocycles. The number of benzene rings is 1. The third kappa shape index (κ3) is 5.92. The van der Waals surface area contributed by atoms with E-state index < -0.39 is 0 Å². The highest BCUT2D eigenvalue weighted by atomic mass is 32.2. The lowest BCUT2D eigenvalue weighted by molar-refractivity contribution is -0.141. The molecule has 152 valence electrons. The Morgan fingerprint density at radius 1 is 1.17 bits per heavy atom. The first-order valence-electron chi connectivity index (χ1n) is 8.90. The third-order valence-electron chi connectivity index (χ3n) is 4.02. The molecule has 9 nitrogen and oxygen atoms in total. The topological polar surface area (TPSA) is 129 Å². The van der Waals surface area contributed by atoms with Crippen molar-refractivity contribution in [1.82, 2.24) is 20.1 Å². The number of nitrogen functional groups attached to an aromatic ring is 1. The van der Waals surface area contributed by atoms with E-state index in [1.807, 2.05) is 45.0 Å². The van der Waals surface area contributed by atoms with Gasteiger partial charge in [-0.2, -0.15) is 15.0 Å². The monoisotopic (exact) mass is 414 g/mol. The number of hydrogen-bond acceptors (Lipinski definition) is 10. The number of nitrogens with one attached hydrogen (secondary N) is 1. The first-order valence-corrected chi connectivity index (χ1v) is 10.1. The average molecular weight is 414 g/mol. The Kier molecular flexibility index (Phi) is 6.65. The van der Waals surface area contributed by atoms with Crippen molar-refractivity contribution in [2.75, 3.05) is 16.8 Å². The molecule has 1 aromatic carbocycles. The normalized spacial score (nSPS) is 10.7. The van der Waals surface area contributed by atoms with Crippen molar-refractivity contribution in [1.29, 1.82) is 0 Å². The van der Waals surface area contributed by atoms with Crippen LogP contribution in [0.25, 0.3) is 0 Å². The number of nitrogens with two attached hydrogens (primary N) is 1. The third-order valence-corrected chi connectivity index (χ3v) is 4.95. The van der Waals surface area contributed by atoms with Crippen molar-refractivity contribution in [2.24, 2.45) is 0 Å². The molecule has 0 amide bonds. The maximum atomic E-state index is 12.0. The maximum Gasteiger partial charge on any atom is 0.316 e. The molecule has 0 aliphatic heterocycles. The number of carbonyl (C=O) groups excluding carboxylic acids is 1. The molecule has 0 saturated carbocycles. The van der Waals surface area contributed by atoms with Crippen LogP contribution in [-0.4, -0.2) is 31.8 Å². The van der Waals surface area contributed by atoms with Crippen molar-refractivity contribution < 1.29 is 14.1 Å². The smallest absolute Gasteiger partial charge is 0.316 e. The van der Waals surface area contributed by atoms with Gasteiger partial charge in [-0.3, -0.25) is 4.79 Å². The van der Waals surface area contributed by atoms with Gasteiger partial charge in [-0.25, -0.2) is 0 Å². The summed E-state index contributed by atoms with van der Waals surface area (Å²) in [5.74, 6) is 1.83. The standard InChI is InChI=1S/C19H22N6O3S/c1-11-4-6-14(7-5-11)21-19-23-16(22-18(20)24-19)8-27-17(26)10-29-9-15-12(2)25-28-13(15)3/h4-7H,8-10H2,1-3H3,(H3,20,21,22,23,24). The second kappa shape index (κ2) is 9.37. The molecule has 29 heavy (non-hydrogen) atoms. The number of esters is 1. The summed E-state index contributed by atoms with van der Waals surface area (Å²) in [4.78, 5) is 24.3. The van der Waals surface area contributed by atoms with Gasteiger partial charge in [0.05, 0.1) is 11.4 Å². The van der Waals surface area contributed by atoms with E-state index in [0.717, 1.165) is 28.3 Å². The summed E-state index contributed by atoms with van der Waals surface area (Å²) in [6.07, 6.45) is 0. The number of hydrogen-bond donors (Lipinski definition) is 2. The van der Waals surface area contributed by atoms with Gasteiger partial charge in [-0.15, -0.1) is 11.8 Å². The summed E-state index contributed by atoms with van der Waals surface area (Å²) >= 11 is 1.43. The number of anilines is 3. The van der Waals surface area contributed by atoms with E-state index >= 15 is 0 Å². The Hall–Kier alpha value is -3.14. The molecule has 2 heterocycles. The molecule has 0 aliphatic carbocycles. The van der Waals surface area contributed by atoms with Gasteiger partial charge in [-0.1, -0.05) is 22.9 Å². The second-order valence-electron chi connectivity index (χ2n) is 6.38. The molecule has 0 atom stereocenters. The highest BCUT2D eigenvalue weighted by Gasteiger charge is 2.12. The minimum atomic E-state index is -0.367. The average Bonchev–Trinajstić information content (AvgIpc) is 3.00. The van der Waals surface area contributed by atoms with Crippen molar-refractivity contribution in [3.05, 3.63) is 52.7 Å². The highest BCUT2D eigenvalue weighted by Crippen LogP contribution is 2.19. The van der Waals surface area contributed by atoms with Crippen LogP contribution >= 0.6 is 11.8 Å². The van der Waals surface area contributed by atoms with Gasteiger partial charge in [0.25, 0.3) is 0 Å². The zero-order valence-corrected chi connectivity index (χ0v) is 17.2. The van der Waals surface area contributed by atoms with Crippen molar-refractivity contribution >= 4 is 35.3 Å². The van der Waals surface area contributed by atoms with Gasteiger partial charge in [-0.05, 0) is 32.9 Å².